The molecule has 0 radical (unpaired) electrons. The molecule has 2 heterocycles. The summed E-state index contributed by atoms with van der Waals surface area (Å²) in [4.78, 5) is 7.02. The van der Waals surface area contributed by atoms with Gasteiger partial charge in [-0.2, -0.15) is 0 Å². The molecule has 0 aromatic heterocycles. The number of aliphatic imine (C=N–C) groups is 1. The molecule has 2 rings (SSSR count). The maximum absolute atomic E-state index is 4.59. The van der Waals surface area contributed by atoms with Crippen LogP contribution in [0.15, 0.2) is 28.4 Å². The van der Waals surface area contributed by atoms with E-state index in [4.69, 9.17) is 0 Å². The molecule has 1 unspecified atom stereocenters. The first-order chi connectivity index (χ1) is 6.79. The van der Waals surface area contributed by atoms with Gasteiger partial charge in [0.25, 0.3) is 0 Å². The van der Waals surface area contributed by atoms with Crippen LogP contribution in [0, 0.1) is 5.92 Å². The number of likely N-dealkylation sites (N-methyl/N-ethyl adjacent to an activating group) is 1. The lowest BCUT2D eigenvalue weighted by molar-refractivity contribution is 0.363. The average molecular weight is 190 g/mol. The SMILES string of the molecule is CCN1CC2=C(C1)/N=C\C(C)/C=C/C2. The number of rotatable bonds is 1. The molecule has 2 aliphatic heterocycles. The molecule has 0 fully saturated rings. The zero-order chi connectivity index (χ0) is 9.97. The second-order valence-corrected chi connectivity index (χ2v) is 4.12. The van der Waals surface area contributed by atoms with Crippen LogP contribution in [0.3, 0.4) is 0 Å². The Morgan fingerprint density at radius 2 is 2.36 bits per heavy atom. The van der Waals surface area contributed by atoms with E-state index in [0.717, 1.165) is 26.1 Å². The molecule has 0 saturated heterocycles. The van der Waals surface area contributed by atoms with Crippen molar-refractivity contribution in [3.05, 3.63) is 23.4 Å². The van der Waals surface area contributed by atoms with Crippen LogP contribution in [-0.2, 0) is 0 Å². The molecule has 0 aliphatic carbocycles. The number of hydrogen-bond donors (Lipinski definition) is 0. The quantitative estimate of drug-likeness (QED) is 0.579. The smallest absolute Gasteiger partial charge is 0.0548 e. The molecule has 0 saturated carbocycles. The van der Waals surface area contributed by atoms with Crippen molar-refractivity contribution in [1.29, 1.82) is 0 Å². The van der Waals surface area contributed by atoms with E-state index < -0.39 is 0 Å². The first-order valence-corrected chi connectivity index (χ1v) is 5.43. The third-order valence-corrected chi connectivity index (χ3v) is 2.91. The van der Waals surface area contributed by atoms with Crippen LogP contribution in [0.25, 0.3) is 0 Å². The summed E-state index contributed by atoms with van der Waals surface area (Å²) in [6, 6.07) is 0. The lowest BCUT2D eigenvalue weighted by Gasteiger charge is -2.10. The van der Waals surface area contributed by atoms with E-state index in [2.05, 4.69) is 42.1 Å². The van der Waals surface area contributed by atoms with Gasteiger partial charge in [-0.25, -0.2) is 0 Å². The van der Waals surface area contributed by atoms with Crippen LogP contribution in [-0.4, -0.2) is 30.7 Å². The summed E-state index contributed by atoms with van der Waals surface area (Å²) >= 11 is 0. The van der Waals surface area contributed by atoms with Gasteiger partial charge < -0.3 is 0 Å². The molecule has 2 heteroatoms. The normalized spacial score (nSPS) is 32.3. The van der Waals surface area contributed by atoms with Crippen LogP contribution in [0.4, 0.5) is 0 Å². The average Bonchev–Trinajstić information content (AvgIpc) is 2.54. The number of nitrogens with zero attached hydrogens (tertiary/aromatic N) is 2. The first-order valence-electron chi connectivity index (χ1n) is 5.43. The molecular formula is C12H18N2. The fourth-order valence-electron chi connectivity index (χ4n) is 1.96. The van der Waals surface area contributed by atoms with Gasteiger partial charge in [0.05, 0.1) is 5.70 Å². The minimum atomic E-state index is 0.486. The second kappa shape index (κ2) is 4.09. The van der Waals surface area contributed by atoms with Crippen molar-refractivity contribution < 1.29 is 0 Å². The Morgan fingerprint density at radius 1 is 1.50 bits per heavy atom. The standard InChI is InChI=1S/C12H18N2/c1-3-14-8-11-6-4-5-10(2)7-13-12(11)9-14/h4-5,7,10H,3,6,8-9H2,1-2H3/b5-4+,13-7-. The van der Waals surface area contributed by atoms with Gasteiger partial charge in [-0.1, -0.05) is 26.0 Å². The third-order valence-electron chi connectivity index (χ3n) is 2.91. The Hall–Kier alpha value is -0.890. The van der Waals surface area contributed by atoms with E-state index in [0.29, 0.717) is 5.92 Å². The monoisotopic (exact) mass is 190 g/mol. The van der Waals surface area contributed by atoms with E-state index >= 15 is 0 Å². The molecule has 76 valence electrons. The first kappa shape index (κ1) is 9.66. The van der Waals surface area contributed by atoms with Gasteiger partial charge >= 0.3 is 0 Å². The van der Waals surface area contributed by atoms with E-state index in [1.54, 1.807) is 0 Å². The highest BCUT2D eigenvalue weighted by atomic mass is 15.2. The van der Waals surface area contributed by atoms with Crippen molar-refractivity contribution >= 4 is 6.21 Å². The highest BCUT2D eigenvalue weighted by molar-refractivity contribution is 5.65. The molecule has 0 aromatic carbocycles. The van der Waals surface area contributed by atoms with E-state index in [-0.39, 0.29) is 0 Å². The summed E-state index contributed by atoms with van der Waals surface area (Å²) in [5, 5.41) is 0. The highest BCUT2D eigenvalue weighted by Crippen LogP contribution is 2.23. The van der Waals surface area contributed by atoms with Crippen molar-refractivity contribution in [2.45, 2.75) is 20.3 Å². The van der Waals surface area contributed by atoms with E-state index in [1.165, 1.54) is 11.3 Å². The highest BCUT2D eigenvalue weighted by Gasteiger charge is 2.19. The fraction of sp³-hybridized carbons (Fsp3) is 0.583. The van der Waals surface area contributed by atoms with Crippen molar-refractivity contribution in [2.75, 3.05) is 19.6 Å². The Morgan fingerprint density at radius 3 is 3.14 bits per heavy atom. The molecule has 2 nitrogen and oxygen atoms in total. The minimum absolute atomic E-state index is 0.486. The molecular weight excluding hydrogens is 172 g/mol. The van der Waals surface area contributed by atoms with Gasteiger partial charge in [-0.15, -0.1) is 0 Å². The van der Waals surface area contributed by atoms with E-state index in [9.17, 15) is 0 Å². The second-order valence-electron chi connectivity index (χ2n) is 4.12. The lowest BCUT2D eigenvalue weighted by atomic mass is 10.1. The lowest BCUT2D eigenvalue weighted by Crippen LogP contribution is -2.20. The number of hydrogen-bond acceptors (Lipinski definition) is 2. The summed E-state index contributed by atoms with van der Waals surface area (Å²) in [7, 11) is 0. The van der Waals surface area contributed by atoms with Crippen LogP contribution in [0.5, 0.6) is 0 Å². The predicted molar refractivity (Wildman–Crippen MR) is 60.6 cm³/mol. The third kappa shape index (κ3) is 1.95. The predicted octanol–water partition coefficient (Wildman–Crippen LogP) is 2.24. The fourth-order valence-corrected chi connectivity index (χ4v) is 1.96. The zero-order valence-corrected chi connectivity index (χ0v) is 9.03. The van der Waals surface area contributed by atoms with Gasteiger partial charge in [-0.05, 0) is 18.5 Å². The maximum atomic E-state index is 4.59. The summed E-state index contributed by atoms with van der Waals surface area (Å²) in [6.07, 6.45) is 7.67. The Balaban J connectivity index is 2.16. The van der Waals surface area contributed by atoms with Crippen molar-refractivity contribution in [2.24, 2.45) is 10.9 Å². The largest absolute Gasteiger partial charge is 0.294 e. The van der Waals surface area contributed by atoms with Crippen molar-refractivity contribution in [3.63, 3.8) is 0 Å². The topological polar surface area (TPSA) is 15.6 Å². The van der Waals surface area contributed by atoms with Crippen LogP contribution < -0.4 is 0 Å². The molecule has 14 heavy (non-hydrogen) atoms. The molecule has 0 spiro atoms. The van der Waals surface area contributed by atoms with Crippen molar-refractivity contribution in [1.82, 2.24) is 4.90 Å². The van der Waals surface area contributed by atoms with Gasteiger partial charge in [0, 0.05) is 25.2 Å². The molecule has 0 bridgehead atoms. The molecule has 1 atom stereocenters. The van der Waals surface area contributed by atoms with Crippen molar-refractivity contribution in [3.8, 4) is 0 Å². The zero-order valence-electron chi connectivity index (χ0n) is 9.03. The molecule has 0 N–H and O–H groups in total. The maximum Gasteiger partial charge on any atom is 0.0548 e. The Labute approximate surface area is 86.0 Å². The molecule has 0 aromatic rings. The minimum Gasteiger partial charge on any atom is -0.294 e. The van der Waals surface area contributed by atoms with Gasteiger partial charge in [0.2, 0.25) is 0 Å². The van der Waals surface area contributed by atoms with Gasteiger partial charge in [0.1, 0.15) is 0 Å². The summed E-state index contributed by atoms with van der Waals surface area (Å²) < 4.78 is 0. The van der Waals surface area contributed by atoms with Crippen LogP contribution in [0.1, 0.15) is 20.3 Å². The summed E-state index contributed by atoms with van der Waals surface area (Å²) in [5.74, 6) is 0.486. The Kier molecular flexibility index (Phi) is 2.82. The van der Waals surface area contributed by atoms with Gasteiger partial charge in [0.15, 0.2) is 0 Å². The Bertz CT molecular complexity index is 299. The van der Waals surface area contributed by atoms with E-state index in [1.807, 2.05) is 0 Å². The van der Waals surface area contributed by atoms with Crippen LogP contribution >= 0.6 is 0 Å². The molecule has 2 aliphatic rings. The summed E-state index contributed by atoms with van der Waals surface area (Å²) in [5.41, 5.74) is 2.81. The molecule has 0 amide bonds. The van der Waals surface area contributed by atoms with Crippen LogP contribution in [0.2, 0.25) is 0 Å². The number of allylic oxidation sites excluding steroid dienone is 2. The summed E-state index contributed by atoms with van der Waals surface area (Å²) in [6.45, 7) is 7.67. The van der Waals surface area contributed by atoms with Gasteiger partial charge in [-0.3, -0.25) is 9.89 Å².